The SMILES string of the molecule is C[C@H](C(=O)NC1CCCCC1)N(Cc1cccc(Br)c1)C(=O)Cc1ccccc1F. The van der Waals surface area contributed by atoms with Crippen LogP contribution in [-0.4, -0.2) is 28.8 Å². The van der Waals surface area contributed by atoms with Gasteiger partial charge < -0.3 is 10.2 Å². The second-order valence-corrected chi connectivity index (χ2v) is 8.85. The summed E-state index contributed by atoms with van der Waals surface area (Å²) in [4.78, 5) is 27.7. The normalized spacial score (nSPS) is 15.4. The van der Waals surface area contributed by atoms with E-state index in [1.54, 1.807) is 30.0 Å². The molecule has 0 spiro atoms. The maximum Gasteiger partial charge on any atom is 0.242 e. The van der Waals surface area contributed by atoms with E-state index in [4.69, 9.17) is 0 Å². The number of amides is 2. The summed E-state index contributed by atoms with van der Waals surface area (Å²) < 4.78 is 15.0. The third-order valence-electron chi connectivity index (χ3n) is 5.66. The van der Waals surface area contributed by atoms with Crippen LogP contribution >= 0.6 is 15.9 Å². The van der Waals surface area contributed by atoms with Crippen LogP contribution in [0.4, 0.5) is 4.39 Å². The zero-order valence-electron chi connectivity index (χ0n) is 17.2. The molecule has 2 aromatic rings. The van der Waals surface area contributed by atoms with E-state index in [0.29, 0.717) is 5.56 Å². The Hall–Kier alpha value is -2.21. The lowest BCUT2D eigenvalue weighted by atomic mass is 9.95. The lowest BCUT2D eigenvalue weighted by molar-refractivity contribution is -0.140. The molecule has 1 saturated carbocycles. The van der Waals surface area contributed by atoms with Gasteiger partial charge in [-0.05, 0) is 49.1 Å². The van der Waals surface area contributed by atoms with Crippen LogP contribution in [0.5, 0.6) is 0 Å². The van der Waals surface area contributed by atoms with Crippen LogP contribution in [0.15, 0.2) is 53.0 Å². The van der Waals surface area contributed by atoms with Crippen molar-refractivity contribution in [2.75, 3.05) is 0 Å². The minimum absolute atomic E-state index is 0.0816. The summed E-state index contributed by atoms with van der Waals surface area (Å²) in [6.07, 6.45) is 5.32. The molecule has 1 fully saturated rings. The molecule has 2 aromatic carbocycles. The van der Waals surface area contributed by atoms with Crippen molar-refractivity contribution in [1.82, 2.24) is 10.2 Å². The van der Waals surface area contributed by atoms with E-state index < -0.39 is 11.9 Å². The molecule has 0 saturated heterocycles. The van der Waals surface area contributed by atoms with Gasteiger partial charge in [0.1, 0.15) is 11.9 Å². The monoisotopic (exact) mass is 474 g/mol. The Morgan fingerprint density at radius 1 is 1.13 bits per heavy atom. The topological polar surface area (TPSA) is 49.4 Å². The van der Waals surface area contributed by atoms with Crippen LogP contribution in [0.25, 0.3) is 0 Å². The predicted octanol–water partition coefficient (Wildman–Crippen LogP) is 5.00. The Morgan fingerprint density at radius 2 is 1.87 bits per heavy atom. The van der Waals surface area contributed by atoms with E-state index >= 15 is 0 Å². The number of halogens is 2. The van der Waals surface area contributed by atoms with Crippen LogP contribution < -0.4 is 5.32 Å². The van der Waals surface area contributed by atoms with Crippen LogP contribution in [0.1, 0.15) is 50.2 Å². The van der Waals surface area contributed by atoms with Gasteiger partial charge in [0.2, 0.25) is 11.8 Å². The molecule has 2 amide bonds. The van der Waals surface area contributed by atoms with Gasteiger partial charge in [-0.3, -0.25) is 9.59 Å². The fourth-order valence-corrected chi connectivity index (χ4v) is 4.34. The van der Waals surface area contributed by atoms with Crippen LogP contribution in [0, 0.1) is 5.82 Å². The maximum absolute atomic E-state index is 14.1. The molecule has 0 bridgehead atoms. The standard InChI is InChI=1S/C24H28BrFN2O2/c1-17(24(30)27-21-11-3-2-4-12-21)28(16-18-8-7-10-20(25)14-18)23(29)15-19-9-5-6-13-22(19)26/h5-10,13-14,17,21H,2-4,11-12,15-16H2,1H3,(H,27,30)/t17-/m1/s1. The van der Waals surface area contributed by atoms with Crippen molar-refractivity contribution < 1.29 is 14.0 Å². The third kappa shape index (κ3) is 6.14. The van der Waals surface area contributed by atoms with Crippen molar-refractivity contribution in [3.05, 3.63) is 69.9 Å². The van der Waals surface area contributed by atoms with E-state index in [1.165, 1.54) is 12.5 Å². The van der Waals surface area contributed by atoms with Gasteiger partial charge in [-0.25, -0.2) is 4.39 Å². The van der Waals surface area contributed by atoms with E-state index in [0.717, 1.165) is 35.7 Å². The molecule has 1 atom stereocenters. The summed E-state index contributed by atoms with van der Waals surface area (Å²) in [5.41, 5.74) is 1.24. The number of benzene rings is 2. The zero-order valence-corrected chi connectivity index (χ0v) is 18.8. The number of rotatable bonds is 7. The number of hydrogen-bond acceptors (Lipinski definition) is 2. The van der Waals surface area contributed by atoms with Crippen LogP contribution in [0.3, 0.4) is 0 Å². The maximum atomic E-state index is 14.1. The van der Waals surface area contributed by atoms with Crippen LogP contribution in [0.2, 0.25) is 0 Å². The number of nitrogens with zero attached hydrogens (tertiary/aromatic N) is 1. The Kier molecular flexibility index (Phi) is 8.02. The molecule has 0 unspecified atom stereocenters. The molecule has 1 aliphatic rings. The van der Waals surface area contributed by atoms with Gasteiger partial charge in [0.15, 0.2) is 0 Å². The molecule has 0 aliphatic heterocycles. The molecule has 0 heterocycles. The average Bonchev–Trinajstić information content (AvgIpc) is 2.74. The molecule has 4 nitrogen and oxygen atoms in total. The van der Waals surface area contributed by atoms with Gasteiger partial charge in [-0.15, -0.1) is 0 Å². The minimum Gasteiger partial charge on any atom is -0.352 e. The third-order valence-corrected chi connectivity index (χ3v) is 6.15. The van der Waals surface area contributed by atoms with E-state index in [2.05, 4.69) is 21.2 Å². The molecule has 6 heteroatoms. The molecular formula is C24H28BrFN2O2. The van der Waals surface area contributed by atoms with Gasteiger partial charge in [0.05, 0.1) is 6.42 Å². The van der Waals surface area contributed by atoms with Crippen molar-refractivity contribution in [3.63, 3.8) is 0 Å². The summed E-state index contributed by atoms with van der Waals surface area (Å²) >= 11 is 3.45. The second-order valence-electron chi connectivity index (χ2n) is 7.94. The first kappa shape index (κ1) is 22.5. The first-order chi connectivity index (χ1) is 14.4. The molecule has 0 radical (unpaired) electrons. The molecular weight excluding hydrogens is 447 g/mol. The number of nitrogens with one attached hydrogen (secondary N) is 1. The van der Waals surface area contributed by atoms with Gasteiger partial charge in [0, 0.05) is 17.1 Å². The summed E-state index contributed by atoms with van der Waals surface area (Å²) in [5.74, 6) is -0.835. The summed E-state index contributed by atoms with van der Waals surface area (Å²) in [6, 6.07) is 13.4. The largest absolute Gasteiger partial charge is 0.352 e. The summed E-state index contributed by atoms with van der Waals surface area (Å²) in [7, 11) is 0. The highest BCUT2D eigenvalue weighted by molar-refractivity contribution is 9.10. The molecule has 160 valence electrons. The predicted molar refractivity (Wildman–Crippen MR) is 119 cm³/mol. The lowest BCUT2D eigenvalue weighted by Crippen LogP contribution is -2.50. The quantitative estimate of drug-likeness (QED) is 0.613. The van der Waals surface area contributed by atoms with Crippen molar-refractivity contribution in [2.24, 2.45) is 0 Å². The average molecular weight is 475 g/mol. The van der Waals surface area contributed by atoms with Crippen molar-refractivity contribution in [3.8, 4) is 0 Å². The second kappa shape index (κ2) is 10.7. The van der Waals surface area contributed by atoms with Crippen molar-refractivity contribution in [2.45, 2.75) is 64.1 Å². The highest BCUT2D eigenvalue weighted by atomic mass is 79.9. The summed E-state index contributed by atoms with van der Waals surface area (Å²) in [6.45, 7) is 2.03. The Morgan fingerprint density at radius 3 is 2.57 bits per heavy atom. The molecule has 1 aliphatic carbocycles. The Bertz CT molecular complexity index is 883. The number of carbonyl (C=O) groups excluding carboxylic acids is 2. The first-order valence-corrected chi connectivity index (χ1v) is 11.3. The van der Waals surface area contributed by atoms with Gasteiger partial charge in [-0.1, -0.05) is 65.5 Å². The minimum atomic E-state index is -0.648. The van der Waals surface area contributed by atoms with E-state index in [9.17, 15) is 14.0 Å². The fraction of sp³-hybridized carbons (Fsp3) is 0.417. The highest BCUT2D eigenvalue weighted by Crippen LogP contribution is 2.20. The van der Waals surface area contributed by atoms with Gasteiger partial charge in [-0.2, -0.15) is 0 Å². The van der Waals surface area contributed by atoms with Crippen molar-refractivity contribution in [1.29, 1.82) is 0 Å². The van der Waals surface area contributed by atoms with Crippen molar-refractivity contribution >= 4 is 27.7 Å². The van der Waals surface area contributed by atoms with Gasteiger partial charge in [0.25, 0.3) is 0 Å². The summed E-state index contributed by atoms with van der Waals surface area (Å²) in [5, 5.41) is 3.11. The van der Waals surface area contributed by atoms with Gasteiger partial charge >= 0.3 is 0 Å². The zero-order chi connectivity index (χ0) is 21.5. The fourth-order valence-electron chi connectivity index (χ4n) is 3.89. The van der Waals surface area contributed by atoms with E-state index in [1.807, 2.05) is 24.3 Å². The lowest BCUT2D eigenvalue weighted by Gasteiger charge is -2.31. The molecule has 3 rings (SSSR count). The first-order valence-electron chi connectivity index (χ1n) is 10.5. The number of hydrogen-bond donors (Lipinski definition) is 1. The van der Waals surface area contributed by atoms with E-state index in [-0.39, 0.29) is 30.8 Å². The Labute approximate surface area is 186 Å². The smallest absolute Gasteiger partial charge is 0.242 e. The van der Waals surface area contributed by atoms with Crippen LogP contribution in [-0.2, 0) is 22.6 Å². The molecule has 30 heavy (non-hydrogen) atoms. The Balaban J connectivity index is 1.77. The highest BCUT2D eigenvalue weighted by Gasteiger charge is 2.28. The molecule has 0 aromatic heterocycles. The number of carbonyl (C=O) groups is 2. The molecule has 1 N–H and O–H groups in total.